The topological polar surface area (TPSA) is 0 Å². The summed E-state index contributed by atoms with van der Waals surface area (Å²) in [4.78, 5) is 0. The molecule has 0 saturated carbocycles. The second kappa shape index (κ2) is 3.22. The minimum absolute atomic E-state index is 0.146. The van der Waals surface area contributed by atoms with Gasteiger partial charge in [-0.1, -0.05) is 24.6 Å². The molecule has 0 spiro atoms. The van der Waals surface area contributed by atoms with Crippen molar-refractivity contribution < 1.29 is 4.39 Å². The Kier molecular flexibility index (Phi) is 2.50. The van der Waals surface area contributed by atoms with E-state index in [1.54, 1.807) is 12.1 Å². The van der Waals surface area contributed by atoms with Crippen molar-refractivity contribution in [2.45, 2.75) is 12.8 Å². The summed E-state index contributed by atoms with van der Waals surface area (Å²) in [5, 5.41) is 0.165. The normalized spacial score (nSPS) is 10.6. The first kappa shape index (κ1) is 8.54. The maximum Gasteiger partial charge on any atom is 0.141 e. The van der Waals surface area contributed by atoms with Crippen LogP contribution in [0.15, 0.2) is 18.2 Å². The molecule has 0 aliphatic carbocycles. The second-order valence-electron chi connectivity index (χ2n) is 2.57. The Morgan fingerprint density at radius 3 is 2.64 bits per heavy atom. The molecule has 1 aromatic rings. The van der Waals surface area contributed by atoms with Gasteiger partial charge in [0.25, 0.3) is 0 Å². The predicted molar refractivity (Wildman–Crippen MR) is 45.2 cm³/mol. The van der Waals surface area contributed by atoms with Gasteiger partial charge < -0.3 is 0 Å². The quantitative estimate of drug-likeness (QED) is 0.608. The lowest BCUT2D eigenvalue weighted by molar-refractivity contribution is 0.627. The average molecular weight is 172 g/mol. The zero-order valence-corrected chi connectivity index (χ0v) is 7.03. The average Bonchev–Trinajstić information content (AvgIpc) is 1.94. The van der Waals surface area contributed by atoms with E-state index in [9.17, 15) is 4.39 Å². The Bertz CT molecular complexity index is 256. The number of benzene rings is 1. The monoisotopic (exact) mass is 171 g/mol. The van der Waals surface area contributed by atoms with Gasteiger partial charge in [0.2, 0.25) is 0 Å². The minimum atomic E-state index is -0.379. The van der Waals surface area contributed by atoms with Gasteiger partial charge in [0.15, 0.2) is 0 Å². The standard InChI is InChI=1S/C9H9ClF/c1-6(2)7-3-4-9(11)8(10)5-7/h3-6H,1H2,2H3. The smallest absolute Gasteiger partial charge is 0.141 e. The Morgan fingerprint density at radius 1 is 1.55 bits per heavy atom. The molecular formula is C9H9ClF. The molecule has 0 N–H and O–H groups in total. The second-order valence-corrected chi connectivity index (χ2v) is 2.98. The van der Waals surface area contributed by atoms with E-state index in [-0.39, 0.29) is 16.8 Å². The molecular weight excluding hydrogens is 163 g/mol. The van der Waals surface area contributed by atoms with Crippen molar-refractivity contribution in [3.8, 4) is 0 Å². The highest BCUT2D eigenvalue weighted by Gasteiger charge is 2.02. The van der Waals surface area contributed by atoms with E-state index in [4.69, 9.17) is 11.6 Å². The number of hydrogen-bond donors (Lipinski definition) is 0. The molecule has 0 aromatic heterocycles. The van der Waals surface area contributed by atoms with Gasteiger partial charge in [-0.05, 0) is 30.5 Å². The van der Waals surface area contributed by atoms with Crippen LogP contribution in [0, 0.1) is 12.7 Å². The van der Waals surface area contributed by atoms with Crippen molar-refractivity contribution in [2.24, 2.45) is 0 Å². The SMILES string of the molecule is [CH2]C(C)c1ccc(F)c(Cl)c1. The van der Waals surface area contributed by atoms with Crippen LogP contribution in [0.3, 0.4) is 0 Å². The third-order valence-electron chi connectivity index (χ3n) is 1.51. The van der Waals surface area contributed by atoms with Gasteiger partial charge in [-0.3, -0.25) is 0 Å². The Hall–Kier alpha value is -0.560. The van der Waals surface area contributed by atoms with Crippen LogP contribution in [0.4, 0.5) is 4.39 Å². The molecule has 59 valence electrons. The van der Waals surface area contributed by atoms with Crippen LogP contribution >= 0.6 is 11.6 Å². The first-order valence-electron chi connectivity index (χ1n) is 3.39. The van der Waals surface area contributed by atoms with E-state index in [0.717, 1.165) is 5.56 Å². The molecule has 0 heterocycles. The summed E-state index contributed by atoms with van der Waals surface area (Å²) < 4.78 is 12.6. The summed E-state index contributed by atoms with van der Waals surface area (Å²) >= 11 is 5.56. The fourth-order valence-corrected chi connectivity index (χ4v) is 1.01. The Balaban J connectivity index is 3.05. The van der Waals surface area contributed by atoms with Crippen LogP contribution in [0.2, 0.25) is 5.02 Å². The molecule has 1 rings (SSSR count). The summed E-state index contributed by atoms with van der Waals surface area (Å²) in [6.07, 6.45) is 0. The number of hydrogen-bond acceptors (Lipinski definition) is 0. The van der Waals surface area contributed by atoms with E-state index < -0.39 is 0 Å². The third-order valence-corrected chi connectivity index (χ3v) is 1.80. The summed E-state index contributed by atoms with van der Waals surface area (Å²) in [6.45, 7) is 5.73. The fourth-order valence-electron chi connectivity index (χ4n) is 0.819. The van der Waals surface area contributed by atoms with Crippen molar-refractivity contribution in [2.75, 3.05) is 0 Å². The lowest BCUT2D eigenvalue weighted by Crippen LogP contribution is -1.88. The molecule has 0 fully saturated rings. The van der Waals surface area contributed by atoms with Crippen molar-refractivity contribution in [1.29, 1.82) is 0 Å². The molecule has 1 unspecified atom stereocenters. The lowest BCUT2D eigenvalue weighted by atomic mass is 10.0. The highest BCUT2D eigenvalue weighted by atomic mass is 35.5. The largest absolute Gasteiger partial charge is 0.205 e. The van der Waals surface area contributed by atoms with Gasteiger partial charge in [-0.15, -0.1) is 0 Å². The molecule has 0 aliphatic rings. The van der Waals surface area contributed by atoms with E-state index in [0.29, 0.717) is 0 Å². The zero-order valence-electron chi connectivity index (χ0n) is 6.27. The first-order valence-corrected chi connectivity index (χ1v) is 3.77. The van der Waals surface area contributed by atoms with Crippen molar-refractivity contribution in [3.05, 3.63) is 41.5 Å². The first-order chi connectivity index (χ1) is 5.11. The van der Waals surface area contributed by atoms with E-state index >= 15 is 0 Å². The fraction of sp³-hybridized carbons (Fsp3) is 0.222. The van der Waals surface area contributed by atoms with E-state index in [1.165, 1.54) is 6.07 Å². The molecule has 2 heteroatoms. The maximum atomic E-state index is 12.6. The van der Waals surface area contributed by atoms with Crippen LogP contribution in [0.5, 0.6) is 0 Å². The molecule has 1 aromatic carbocycles. The highest BCUT2D eigenvalue weighted by molar-refractivity contribution is 6.30. The lowest BCUT2D eigenvalue weighted by Gasteiger charge is -2.04. The number of rotatable bonds is 1. The van der Waals surface area contributed by atoms with Crippen LogP contribution in [-0.4, -0.2) is 0 Å². The molecule has 1 atom stereocenters. The molecule has 0 amide bonds. The van der Waals surface area contributed by atoms with Gasteiger partial charge >= 0.3 is 0 Å². The van der Waals surface area contributed by atoms with Crippen LogP contribution in [0.25, 0.3) is 0 Å². The van der Waals surface area contributed by atoms with Crippen LogP contribution in [-0.2, 0) is 0 Å². The van der Waals surface area contributed by atoms with Crippen molar-refractivity contribution in [3.63, 3.8) is 0 Å². The maximum absolute atomic E-state index is 12.6. The molecule has 0 nitrogen and oxygen atoms in total. The van der Waals surface area contributed by atoms with Gasteiger partial charge in [0, 0.05) is 0 Å². The van der Waals surface area contributed by atoms with E-state index in [1.807, 2.05) is 6.92 Å². The molecule has 0 aliphatic heterocycles. The van der Waals surface area contributed by atoms with Crippen molar-refractivity contribution in [1.82, 2.24) is 0 Å². The summed E-state index contributed by atoms with van der Waals surface area (Å²) in [5.74, 6) is -0.232. The molecule has 0 saturated heterocycles. The van der Waals surface area contributed by atoms with Crippen molar-refractivity contribution >= 4 is 11.6 Å². The van der Waals surface area contributed by atoms with Crippen LogP contribution in [0.1, 0.15) is 18.4 Å². The predicted octanol–water partition coefficient (Wildman–Crippen LogP) is 3.42. The minimum Gasteiger partial charge on any atom is -0.205 e. The van der Waals surface area contributed by atoms with Gasteiger partial charge in [-0.2, -0.15) is 0 Å². The Labute approximate surface area is 71.0 Å². The third kappa shape index (κ3) is 1.93. The Morgan fingerprint density at radius 2 is 2.18 bits per heavy atom. The summed E-state index contributed by atoms with van der Waals surface area (Å²) in [6, 6.07) is 4.66. The zero-order chi connectivity index (χ0) is 8.43. The van der Waals surface area contributed by atoms with Gasteiger partial charge in [0.1, 0.15) is 5.82 Å². The number of halogens is 2. The molecule has 0 bridgehead atoms. The van der Waals surface area contributed by atoms with E-state index in [2.05, 4.69) is 6.92 Å². The molecule has 1 radical (unpaired) electrons. The summed E-state index contributed by atoms with van der Waals surface area (Å²) in [5.41, 5.74) is 0.955. The van der Waals surface area contributed by atoms with Gasteiger partial charge in [-0.25, -0.2) is 4.39 Å². The summed E-state index contributed by atoms with van der Waals surface area (Å²) in [7, 11) is 0. The van der Waals surface area contributed by atoms with Crippen LogP contribution < -0.4 is 0 Å². The molecule has 11 heavy (non-hydrogen) atoms. The van der Waals surface area contributed by atoms with Gasteiger partial charge in [0.05, 0.1) is 5.02 Å². The highest BCUT2D eigenvalue weighted by Crippen LogP contribution is 2.20.